The maximum atomic E-state index is 12.4. The van der Waals surface area contributed by atoms with Gasteiger partial charge in [0.25, 0.3) is 0 Å². The zero-order valence-corrected chi connectivity index (χ0v) is 14.1. The number of ether oxygens (including phenoxy) is 1. The molecule has 0 radical (unpaired) electrons. The Morgan fingerprint density at radius 2 is 1.62 bits per heavy atom. The summed E-state index contributed by atoms with van der Waals surface area (Å²) in [4.78, 5) is 16.9. The minimum atomic E-state index is 0.175. The Labute approximate surface area is 143 Å². The van der Waals surface area contributed by atoms with Crippen molar-refractivity contribution in [3.8, 4) is 5.75 Å². The van der Waals surface area contributed by atoms with Gasteiger partial charge in [-0.2, -0.15) is 0 Å². The van der Waals surface area contributed by atoms with Crippen LogP contribution in [0.2, 0.25) is 0 Å². The van der Waals surface area contributed by atoms with Gasteiger partial charge >= 0.3 is 0 Å². The van der Waals surface area contributed by atoms with Gasteiger partial charge in [0.1, 0.15) is 12.4 Å². The molecule has 1 saturated heterocycles. The van der Waals surface area contributed by atoms with Crippen LogP contribution in [0.25, 0.3) is 0 Å². The van der Waals surface area contributed by atoms with Crippen molar-refractivity contribution in [2.24, 2.45) is 0 Å². The van der Waals surface area contributed by atoms with E-state index in [1.54, 1.807) is 0 Å². The van der Waals surface area contributed by atoms with Crippen LogP contribution in [0.5, 0.6) is 5.75 Å². The lowest BCUT2D eigenvalue weighted by Crippen LogP contribution is -2.46. The molecule has 3 rings (SSSR count). The van der Waals surface area contributed by atoms with Gasteiger partial charge in [-0.1, -0.05) is 30.3 Å². The summed E-state index contributed by atoms with van der Waals surface area (Å²) in [5.41, 5.74) is 1.88. The molecule has 4 heteroatoms. The van der Waals surface area contributed by atoms with Crippen molar-refractivity contribution in [2.75, 3.05) is 39.8 Å². The van der Waals surface area contributed by atoms with E-state index in [0.717, 1.165) is 43.1 Å². The Morgan fingerprint density at radius 1 is 0.958 bits per heavy atom. The monoisotopic (exact) mass is 324 g/mol. The Balaban J connectivity index is 1.51. The summed E-state index contributed by atoms with van der Waals surface area (Å²) < 4.78 is 5.76. The summed E-state index contributed by atoms with van der Waals surface area (Å²) in [6, 6.07) is 17.5. The number of rotatable bonds is 6. The smallest absolute Gasteiger partial charge is 0.176 e. The quantitative estimate of drug-likeness (QED) is 0.765. The maximum absolute atomic E-state index is 12.4. The number of Topliss-reactive ketones (excluding diaryl/α,β-unsaturated/α-hetero) is 1. The van der Waals surface area contributed by atoms with Crippen molar-refractivity contribution < 1.29 is 9.53 Å². The van der Waals surface area contributed by atoms with Gasteiger partial charge in [-0.15, -0.1) is 0 Å². The summed E-state index contributed by atoms with van der Waals surface area (Å²) in [5.74, 6) is 0.962. The zero-order valence-electron chi connectivity index (χ0n) is 14.1. The average Bonchev–Trinajstić information content (AvgIpc) is 2.63. The average molecular weight is 324 g/mol. The second-order valence-electron chi connectivity index (χ2n) is 6.30. The van der Waals surface area contributed by atoms with Crippen LogP contribution in [0.3, 0.4) is 0 Å². The van der Waals surface area contributed by atoms with E-state index in [9.17, 15) is 4.79 Å². The number of piperazine rings is 1. The summed E-state index contributed by atoms with van der Waals surface area (Å²) >= 11 is 0. The first-order chi connectivity index (χ1) is 11.7. The molecule has 1 heterocycles. The molecule has 1 aliphatic heterocycles. The highest BCUT2D eigenvalue weighted by Crippen LogP contribution is 2.15. The molecule has 0 N–H and O–H groups in total. The third kappa shape index (κ3) is 4.66. The molecule has 2 aromatic rings. The number of carbonyl (C=O) groups excluding carboxylic acids is 1. The van der Waals surface area contributed by atoms with Crippen molar-refractivity contribution in [3.05, 3.63) is 65.7 Å². The van der Waals surface area contributed by atoms with Gasteiger partial charge in [0.2, 0.25) is 0 Å². The number of benzene rings is 2. The molecule has 2 aromatic carbocycles. The third-order valence-electron chi connectivity index (χ3n) is 4.39. The first-order valence-corrected chi connectivity index (χ1v) is 8.41. The fourth-order valence-corrected chi connectivity index (χ4v) is 2.78. The lowest BCUT2D eigenvalue weighted by molar-refractivity contribution is 0.0876. The summed E-state index contributed by atoms with van der Waals surface area (Å²) in [5, 5.41) is 0. The fraction of sp³-hybridized carbons (Fsp3) is 0.350. The van der Waals surface area contributed by atoms with Crippen molar-refractivity contribution in [1.82, 2.24) is 9.80 Å². The van der Waals surface area contributed by atoms with Gasteiger partial charge in [0.15, 0.2) is 5.78 Å². The molecular formula is C20H24N2O2. The predicted molar refractivity (Wildman–Crippen MR) is 95.5 cm³/mol. The summed E-state index contributed by atoms with van der Waals surface area (Å²) in [6.45, 7) is 5.01. The van der Waals surface area contributed by atoms with Gasteiger partial charge in [-0.3, -0.25) is 9.69 Å². The Kier molecular flexibility index (Phi) is 5.62. The van der Waals surface area contributed by atoms with E-state index in [4.69, 9.17) is 4.74 Å². The van der Waals surface area contributed by atoms with Crippen LogP contribution in [-0.2, 0) is 6.61 Å². The molecule has 126 valence electrons. The van der Waals surface area contributed by atoms with Crippen molar-refractivity contribution in [1.29, 1.82) is 0 Å². The molecule has 0 aliphatic carbocycles. The Morgan fingerprint density at radius 3 is 2.29 bits per heavy atom. The van der Waals surface area contributed by atoms with Gasteiger partial charge in [-0.25, -0.2) is 0 Å². The van der Waals surface area contributed by atoms with Crippen molar-refractivity contribution in [3.63, 3.8) is 0 Å². The van der Waals surface area contributed by atoms with Crippen molar-refractivity contribution >= 4 is 5.78 Å². The fourth-order valence-electron chi connectivity index (χ4n) is 2.78. The van der Waals surface area contributed by atoms with Crippen LogP contribution in [0.15, 0.2) is 54.6 Å². The van der Waals surface area contributed by atoms with E-state index in [1.807, 2.05) is 54.6 Å². The van der Waals surface area contributed by atoms with E-state index >= 15 is 0 Å². The number of carbonyl (C=O) groups is 1. The normalized spacial score (nSPS) is 16.0. The minimum Gasteiger partial charge on any atom is -0.489 e. The largest absolute Gasteiger partial charge is 0.489 e. The number of ketones is 1. The Bertz CT molecular complexity index is 647. The first kappa shape index (κ1) is 16.7. The van der Waals surface area contributed by atoms with E-state index < -0.39 is 0 Å². The molecule has 0 unspecified atom stereocenters. The molecule has 0 atom stereocenters. The van der Waals surface area contributed by atoms with Crippen LogP contribution in [-0.4, -0.2) is 55.4 Å². The topological polar surface area (TPSA) is 32.8 Å². The molecule has 0 amide bonds. The maximum Gasteiger partial charge on any atom is 0.176 e. The van der Waals surface area contributed by atoms with Crippen LogP contribution in [0.1, 0.15) is 15.9 Å². The third-order valence-corrected chi connectivity index (χ3v) is 4.39. The van der Waals surface area contributed by atoms with E-state index in [1.165, 1.54) is 0 Å². The SMILES string of the molecule is CN1CCN(CC(=O)c2ccc(OCc3ccccc3)cc2)CC1. The highest BCUT2D eigenvalue weighted by Gasteiger charge is 2.17. The number of nitrogens with zero attached hydrogens (tertiary/aromatic N) is 2. The van der Waals surface area contributed by atoms with Crippen LogP contribution in [0.4, 0.5) is 0 Å². The van der Waals surface area contributed by atoms with Gasteiger partial charge < -0.3 is 9.64 Å². The zero-order chi connectivity index (χ0) is 16.8. The van der Waals surface area contributed by atoms with E-state index in [-0.39, 0.29) is 5.78 Å². The van der Waals surface area contributed by atoms with Crippen LogP contribution in [0, 0.1) is 0 Å². The number of likely N-dealkylation sites (N-methyl/N-ethyl adjacent to an activating group) is 1. The summed E-state index contributed by atoms with van der Waals surface area (Å²) in [7, 11) is 2.12. The molecule has 4 nitrogen and oxygen atoms in total. The number of hydrogen-bond donors (Lipinski definition) is 0. The summed E-state index contributed by atoms with van der Waals surface area (Å²) in [6.07, 6.45) is 0. The second-order valence-corrected chi connectivity index (χ2v) is 6.30. The van der Waals surface area contributed by atoms with Crippen LogP contribution >= 0.6 is 0 Å². The molecule has 0 saturated carbocycles. The van der Waals surface area contributed by atoms with Gasteiger partial charge in [0.05, 0.1) is 6.54 Å². The molecular weight excluding hydrogens is 300 g/mol. The molecule has 0 spiro atoms. The van der Waals surface area contributed by atoms with Gasteiger partial charge in [-0.05, 0) is 36.9 Å². The highest BCUT2D eigenvalue weighted by molar-refractivity contribution is 5.97. The Hall–Kier alpha value is -2.17. The van der Waals surface area contributed by atoms with Crippen LogP contribution < -0.4 is 4.74 Å². The minimum absolute atomic E-state index is 0.175. The molecule has 0 bridgehead atoms. The lowest BCUT2D eigenvalue weighted by atomic mass is 10.1. The number of hydrogen-bond acceptors (Lipinski definition) is 4. The standard InChI is InChI=1S/C20H24N2O2/c1-21-11-13-22(14-12-21)15-20(23)18-7-9-19(10-8-18)24-16-17-5-3-2-4-6-17/h2-10H,11-16H2,1H3. The lowest BCUT2D eigenvalue weighted by Gasteiger charge is -2.31. The molecule has 0 aromatic heterocycles. The predicted octanol–water partition coefficient (Wildman–Crippen LogP) is 2.70. The molecule has 1 aliphatic rings. The second kappa shape index (κ2) is 8.08. The van der Waals surface area contributed by atoms with Crippen molar-refractivity contribution in [2.45, 2.75) is 6.61 Å². The van der Waals surface area contributed by atoms with E-state index in [0.29, 0.717) is 13.2 Å². The molecule has 24 heavy (non-hydrogen) atoms. The highest BCUT2D eigenvalue weighted by atomic mass is 16.5. The first-order valence-electron chi connectivity index (χ1n) is 8.41. The molecule has 1 fully saturated rings. The van der Waals surface area contributed by atoms with Gasteiger partial charge in [0, 0.05) is 31.7 Å². The van der Waals surface area contributed by atoms with E-state index in [2.05, 4.69) is 16.8 Å².